The van der Waals surface area contributed by atoms with Crippen LogP contribution in [0.4, 0.5) is 5.69 Å². The molecule has 0 saturated heterocycles. The average molecular weight is 311 g/mol. The number of carbonyl (C=O) groups is 1. The number of carbonyl (C=O) groups excluding carboxylic acids is 1. The van der Waals surface area contributed by atoms with Crippen molar-refractivity contribution in [2.45, 2.75) is 13.8 Å². The summed E-state index contributed by atoms with van der Waals surface area (Å²) in [6.45, 7) is 3.71. The second-order valence-corrected chi connectivity index (χ2v) is 5.39. The van der Waals surface area contributed by atoms with Crippen LogP contribution in [0.5, 0.6) is 5.75 Å². The number of nitrogens with one attached hydrogen (secondary N) is 3. The molecular formula is C17H17N3O3. The van der Waals surface area contributed by atoms with Crippen LogP contribution >= 0.6 is 0 Å². The van der Waals surface area contributed by atoms with Gasteiger partial charge in [-0.25, -0.2) is 4.79 Å². The van der Waals surface area contributed by atoms with Crippen LogP contribution in [-0.4, -0.2) is 22.5 Å². The lowest BCUT2D eigenvalue weighted by molar-refractivity contribution is -0.118. The predicted molar refractivity (Wildman–Crippen MR) is 89.0 cm³/mol. The molecule has 0 saturated carbocycles. The van der Waals surface area contributed by atoms with Crippen LogP contribution in [0.3, 0.4) is 0 Å². The standard InChI is InChI=1S/C17H17N3O3/c1-10-5-3-4-6-15(10)23-9-16(21)18-12-8-14-13(7-11(12)2)19-17(22)20-14/h3-8H,9H2,1-2H3,(H,18,21)(H2,19,20,22). The molecule has 0 spiro atoms. The van der Waals surface area contributed by atoms with Gasteiger partial charge in [0.25, 0.3) is 5.91 Å². The molecular weight excluding hydrogens is 294 g/mol. The van der Waals surface area contributed by atoms with E-state index in [4.69, 9.17) is 4.74 Å². The normalized spacial score (nSPS) is 10.7. The molecule has 1 amide bonds. The van der Waals surface area contributed by atoms with Crippen molar-refractivity contribution in [1.82, 2.24) is 9.97 Å². The molecule has 0 aliphatic rings. The molecule has 3 aromatic rings. The van der Waals surface area contributed by atoms with Gasteiger partial charge in [0, 0.05) is 5.69 Å². The van der Waals surface area contributed by atoms with Gasteiger partial charge in [-0.2, -0.15) is 0 Å². The van der Waals surface area contributed by atoms with Gasteiger partial charge in [-0.15, -0.1) is 0 Å². The Morgan fingerprint density at radius 2 is 1.78 bits per heavy atom. The lowest BCUT2D eigenvalue weighted by Crippen LogP contribution is -2.20. The topological polar surface area (TPSA) is 87.0 Å². The number of ether oxygens (including phenoxy) is 1. The number of benzene rings is 2. The molecule has 23 heavy (non-hydrogen) atoms. The van der Waals surface area contributed by atoms with E-state index >= 15 is 0 Å². The third-order valence-corrected chi connectivity index (χ3v) is 3.59. The molecule has 6 nitrogen and oxygen atoms in total. The molecule has 0 radical (unpaired) electrons. The highest BCUT2D eigenvalue weighted by atomic mass is 16.5. The quantitative estimate of drug-likeness (QED) is 0.692. The fourth-order valence-corrected chi connectivity index (χ4v) is 2.37. The fourth-order valence-electron chi connectivity index (χ4n) is 2.37. The van der Waals surface area contributed by atoms with Crippen LogP contribution in [0, 0.1) is 13.8 Å². The Balaban J connectivity index is 1.71. The van der Waals surface area contributed by atoms with Crippen LogP contribution in [-0.2, 0) is 4.79 Å². The Bertz CT molecular complexity index is 924. The molecule has 0 atom stereocenters. The minimum Gasteiger partial charge on any atom is -0.483 e. The summed E-state index contributed by atoms with van der Waals surface area (Å²) < 4.78 is 5.53. The zero-order valence-electron chi connectivity index (χ0n) is 12.9. The number of imidazole rings is 1. The van der Waals surface area contributed by atoms with Crippen molar-refractivity contribution in [3.63, 3.8) is 0 Å². The third-order valence-electron chi connectivity index (χ3n) is 3.59. The largest absolute Gasteiger partial charge is 0.483 e. The molecule has 0 bridgehead atoms. The first kappa shape index (κ1) is 14.9. The van der Waals surface area contributed by atoms with Crippen molar-refractivity contribution in [1.29, 1.82) is 0 Å². The minimum atomic E-state index is -0.272. The number of rotatable bonds is 4. The van der Waals surface area contributed by atoms with Gasteiger partial charge in [0.05, 0.1) is 11.0 Å². The number of hydrogen-bond donors (Lipinski definition) is 3. The minimum absolute atomic E-state index is 0.0774. The maximum Gasteiger partial charge on any atom is 0.323 e. The Labute approximate surface area is 132 Å². The van der Waals surface area contributed by atoms with Crippen LogP contribution in [0.15, 0.2) is 41.2 Å². The maximum absolute atomic E-state index is 12.1. The van der Waals surface area contributed by atoms with Crippen molar-refractivity contribution < 1.29 is 9.53 Å². The van der Waals surface area contributed by atoms with E-state index in [1.807, 2.05) is 44.2 Å². The molecule has 0 fully saturated rings. The van der Waals surface area contributed by atoms with Crippen molar-refractivity contribution in [3.8, 4) is 5.75 Å². The number of aromatic amines is 2. The highest BCUT2D eigenvalue weighted by molar-refractivity contribution is 5.95. The molecule has 3 rings (SSSR count). The molecule has 1 heterocycles. The first-order valence-corrected chi connectivity index (χ1v) is 7.24. The summed E-state index contributed by atoms with van der Waals surface area (Å²) in [5.41, 5.74) is 3.56. The zero-order valence-corrected chi connectivity index (χ0v) is 12.9. The summed E-state index contributed by atoms with van der Waals surface area (Å²) in [6.07, 6.45) is 0. The molecule has 6 heteroatoms. The van der Waals surface area contributed by atoms with E-state index in [1.165, 1.54) is 0 Å². The maximum atomic E-state index is 12.1. The lowest BCUT2D eigenvalue weighted by Gasteiger charge is -2.11. The number of H-pyrrole nitrogens is 2. The summed E-state index contributed by atoms with van der Waals surface area (Å²) in [6, 6.07) is 11.1. The van der Waals surface area contributed by atoms with E-state index in [9.17, 15) is 9.59 Å². The van der Waals surface area contributed by atoms with E-state index in [0.717, 1.165) is 11.1 Å². The van der Waals surface area contributed by atoms with Gasteiger partial charge in [0.15, 0.2) is 6.61 Å². The van der Waals surface area contributed by atoms with Crippen molar-refractivity contribution in [3.05, 3.63) is 58.0 Å². The summed E-state index contributed by atoms with van der Waals surface area (Å²) in [5.74, 6) is 0.429. The molecule has 0 aliphatic heterocycles. The lowest BCUT2D eigenvalue weighted by atomic mass is 10.1. The van der Waals surface area contributed by atoms with Crippen molar-refractivity contribution in [2.75, 3.05) is 11.9 Å². The fraction of sp³-hybridized carbons (Fsp3) is 0.176. The van der Waals surface area contributed by atoms with Crippen molar-refractivity contribution in [2.24, 2.45) is 0 Å². The molecule has 118 valence electrons. The van der Waals surface area contributed by atoms with Gasteiger partial charge in [-0.3, -0.25) is 4.79 Å². The van der Waals surface area contributed by atoms with Gasteiger partial charge in [-0.05, 0) is 43.2 Å². The molecule has 2 aromatic carbocycles. The molecule has 0 unspecified atom stereocenters. The van der Waals surface area contributed by atoms with Crippen LogP contribution < -0.4 is 15.7 Å². The van der Waals surface area contributed by atoms with Gasteiger partial charge in [0.1, 0.15) is 5.75 Å². The Morgan fingerprint density at radius 1 is 1.09 bits per heavy atom. The van der Waals surface area contributed by atoms with E-state index in [0.29, 0.717) is 22.5 Å². The summed E-state index contributed by atoms with van der Waals surface area (Å²) in [4.78, 5) is 28.7. The Morgan fingerprint density at radius 3 is 2.52 bits per heavy atom. The van der Waals surface area contributed by atoms with Crippen LogP contribution in [0.1, 0.15) is 11.1 Å². The number of amides is 1. The van der Waals surface area contributed by atoms with Gasteiger partial charge in [0.2, 0.25) is 0 Å². The summed E-state index contributed by atoms with van der Waals surface area (Å²) in [5, 5.41) is 2.80. The summed E-state index contributed by atoms with van der Waals surface area (Å²) in [7, 11) is 0. The third kappa shape index (κ3) is 3.26. The monoisotopic (exact) mass is 311 g/mol. The number of anilines is 1. The zero-order chi connectivity index (χ0) is 16.4. The van der Waals surface area contributed by atoms with Gasteiger partial charge >= 0.3 is 5.69 Å². The van der Waals surface area contributed by atoms with Crippen molar-refractivity contribution >= 4 is 22.6 Å². The summed E-state index contributed by atoms with van der Waals surface area (Å²) >= 11 is 0. The Hall–Kier alpha value is -3.02. The second-order valence-electron chi connectivity index (χ2n) is 5.39. The predicted octanol–water partition coefficient (Wildman–Crippen LogP) is 2.49. The number of para-hydroxylation sites is 1. The van der Waals surface area contributed by atoms with Gasteiger partial charge in [-0.1, -0.05) is 18.2 Å². The Kier molecular flexibility index (Phi) is 3.89. The first-order chi connectivity index (χ1) is 11.0. The average Bonchev–Trinajstić information content (AvgIpc) is 2.86. The van der Waals surface area contributed by atoms with E-state index in [1.54, 1.807) is 6.07 Å². The van der Waals surface area contributed by atoms with Gasteiger partial charge < -0.3 is 20.0 Å². The molecule has 0 aliphatic carbocycles. The van der Waals surface area contributed by atoms with E-state index < -0.39 is 0 Å². The van der Waals surface area contributed by atoms with Crippen LogP contribution in [0.25, 0.3) is 11.0 Å². The second kappa shape index (κ2) is 6.00. The molecule has 1 aromatic heterocycles. The smallest absolute Gasteiger partial charge is 0.323 e. The first-order valence-electron chi connectivity index (χ1n) is 7.24. The number of fused-ring (bicyclic) bond motifs is 1. The highest BCUT2D eigenvalue weighted by Gasteiger charge is 2.09. The van der Waals surface area contributed by atoms with E-state index in [-0.39, 0.29) is 18.2 Å². The van der Waals surface area contributed by atoms with E-state index in [2.05, 4.69) is 15.3 Å². The number of aromatic nitrogens is 2. The number of aryl methyl sites for hydroxylation is 2. The SMILES string of the molecule is Cc1cc2[nH]c(=O)[nH]c2cc1NC(=O)COc1ccccc1C. The number of hydrogen-bond acceptors (Lipinski definition) is 3. The van der Waals surface area contributed by atoms with Crippen LogP contribution in [0.2, 0.25) is 0 Å². The molecule has 3 N–H and O–H groups in total. The highest BCUT2D eigenvalue weighted by Crippen LogP contribution is 2.20.